The van der Waals surface area contributed by atoms with Crippen LogP contribution < -0.4 is 15.1 Å². The van der Waals surface area contributed by atoms with Crippen molar-refractivity contribution in [2.45, 2.75) is 97.6 Å². The van der Waals surface area contributed by atoms with Crippen LogP contribution in [-0.4, -0.2) is 84.3 Å². The maximum absolute atomic E-state index is 13.3. The highest BCUT2D eigenvalue weighted by molar-refractivity contribution is 9.10. The number of benzene rings is 1. The van der Waals surface area contributed by atoms with E-state index in [1.807, 2.05) is 4.90 Å². The van der Waals surface area contributed by atoms with Gasteiger partial charge in [0, 0.05) is 33.7 Å². The number of hydrogen-bond donors (Lipinski definition) is 2. The first-order valence-corrected chi connectivity index (χ1v) is 16.5. The molecule has 0 saturated carbocycles. The van der Waals surface area contributed by atoms with Crippen LogP contribution in [0.15, 0.2) is 29.3 Å². The Bertz CT molecular complexity index is 1750. The molecule has 2 N–H and O–H groups in total. The first-order valence-electron chi connectivity index (χ1n) is 15.4. The number of amides is 3. The smallest absolute Gasteiger partial charge is 0.425 e. The fourth-order valence-corrected chi connectivity index (χ4v) is 5.97. The fourth-order valence-electron chi connectivity index (χ4n) is 5.05. The summed E-state index contributed by atoms with van der Waals surface area (Å²) in [5, 5.41) is 13.2. The number of alkyl carbamates (subject to hydrolysis) is 1. The van der Waals surface area contributed by atoms with Crippen LogP contribution in [0.3, 0.4) is 0 Å². The lowest BCUT2D eigenvalue weighted by Gasteiger charge is -2.29. The van der Waals surface area contributed by atoms with Crippen LogP contribution in [0.5, 0.6) is 0 Å². The molecule has 4 rings (SSSR count). The van der Waals surface area contributed by atoms with E-state index >= 15 is 0 Å². The Morgan fingerprint density at radius 2 is 1.55 bits per heavy atom. The number of fused-ring (bicyclic) bond motifs is 1. The molecule has 2 aromatic heterocycles. The van der Waals surface area contributed by atoms with Crippen molar-refractivity contribution < 1.29 is 38.5 Å². The highest BCUT2D eigenvalue weighted by Crippen LogP contribution is 2.37. The minimum absolute atomic E-state index is 0.0703. The molecule has 1 fully saturated rings. The number of imidazole rings is 1. The molecule has 3 heterocycles. The molecule has 3 amide bonds. The summed E-state index contributed by atoms with van der Waals surface area (Å²) >= 11 is 10.1. The SMILES string of the molecule is CC(C)(C)OC(=O)N[C@]1(C(=O)O)CCN(c2cc(Cl)cc(Br)c2Cn2cnc3c(N(C(=O)OC(C)(C)C)C(=O)OC(C)(C)C)ncnc32)C1. The van der Waals surface area contributed by atoms with Gasteiger partial charge in [-0.25, -0.2) is 34.1 Å². The van der Waals surface area contributed by atoms with E-state index in [2.05, 4.69) is 36.2 Å². The number of carbonyl (C=O) groups is 4. The number of imide groups is 1. The van der Waals surface area contributed by atoms with E-state index in [9.17, 15) is 24.3 Å². The standard InChI is InChI=1S/C32H41BrClN7O8/c1-29(2,3)47-26(44)38-32(25(42)43)10-11-39(15-32)21-13-18(34)12-20(33)19(21)14-40-17-37-22-23(40)35-16-36-24(22)41(27(45)48-30(4,5)6)28(46)49-31(7,8)9/h12-13,16-17H,10-11,14-15H2,1-9H3,(H,38,44)(H,42,43)/t32-/m1/s1. The van der Waals surface area contributed by atoms with E-state index < -0.39 is 46.6 Å². The first kappa shape index (κ1) is 37.6. The zero-order chi connectivity index (χ0) is 36.7. The Kier molecular flexibility index (Phi) is 10.5. The number of ether oxygens (including phenoxy) is 3. The van der Waals surface area contributed by atoms with Crippen molar-refractivity contribution in [1.29, 1.82) is 0 Å². The van der Waals surface area contributed by atoms with Crippen LogP contribution in [0.4, 0.5) is 25.9 Å². The number of nitrogens with zero attached hydrogens (tertiary/aromatic N) is 6. The predicted molar refractivity (Wildman–Crippen MR) is 185 cm³/mol. The first-order chi connectivity index (χ1) is 22.5. The van der Waals surface area contributed by atoms with Crippen LogP contribution in [-0.2, 0) is 25.5 Å². The highest BCUT2D eigenvalue weighted by atomic mass is 79.9. The zero-order valence-corrected chi connectivity index (χ0v) is 31.2. The average Bonchev–Trinajstić information content (AvgIpc) is 3.53. The van der Waals surface area contributed by atoms with E-state index in [1.54, 1.807) is 79.0 Å². The van der Waals surface area contributed by atoms with Gasteiger partial charge >= 0.3 is 24.2 Å². The molecule has 0 aliphatic carbocycles. The third-order valence-electron chi connectivity index (χ3n) is 6.97. The minimum Gasteiger partial charge on any atom is -0.479 e. The Balaban J connectivity index is 1.73. The Hall–Kier alpha value is -4.18. The lowest BCUT2D eigenvalue weighted by Crippen LogP contribution is -2.57. The molecule has 0 bridgehead atoms. The highest BCUT2D eigenvalue weighted by Gasteiger charge is 2.47. The summed E-state index contributed by atoms with van der Waals surface area (Å²) in [6.45, 7) is 15.4. The summed E-state index contributed by atoms with van der Waals surface area (Å²) in [5.41, 5.74) is -2.60. The van der Waals surface area contributed by atoms with Gasteiger partial charge in [-0.2, -0.15) is 4.90 Å². The normalized spacial score (nSPS) is 16.8. The summed E-state index contributed by atoms with van der Waals surface area (Å²) in [7, 11) is 0. The second-order valence-corrected chi connectivity index (χ2v) is 15.9. The summed E-state index contributed by atoms with van der Waals surface area (Å²) in [5.74, 6) is -1.34. The number of carboxylic acids is 1. The third-order valence-corrected chi connectivity index (χ3v) is 7.90. The topological polar surface area (TPSA) is 178 Å². The number of hydrogen-bond acceptors (Lipinski definition) is 11. The van der Waals surface area contributed by atoms with Gasteiger partial charge in [0.2, 0.25) is 0 Å². The monoisotopic (exact) mass is 765 g/mol. The molecule has 1 saturated heterocycles. The molecule has 0 spiro atoms. The Morgan fingerprint density at radius 1 is 0.959 bits per heavy atom. The van der Waals surface area contributed by atoms with Gasteiger partial charge in [-0.15, -0.1) is 0 Å². The van der Waals surface area contributed by atoms with E-state index in [-0.39, 0.29) is 43.0 Å². The Morgan fingerprint density at radius 3 is 2.10 bits per heavy atom. The van der Waals surface area contributed by atoms with E-state index in [4.69, 9.17) is 25.8 Å². The molecule has 1 aromatic carbocycles. The van der Waals surface area contributed by atoms with Crippen LogP contribution in [0.1, 0.15) is 74.3 Å². The molecular formula is C32H41BrClN7O8. The van der Waals surface area contributed by atoms with Gasteiger partial charge in [0.05, 0.1) is 19.4 Å². The maximum Gasteiger partial charge on any atom is 0.425 e. The molecule has 1 aliphatic heterocycles. The average molecular weight is 767 g/mol. The maximum atomic E-state index is 13.3. The van der Waals surface area contributed by atoms with Crippen LogP contribution in [0, 0.1) is 0 Å². The van der Waals surface area contributed by atoms with Crippen molar-refractivity contribution in [1.82, 2.24) is 24.8 Å². The lowest BCUT2D eigenvalue weighted by atomic mass is 9.99. The van der Waals surface area contributed by atoms with Crippen LogP contribution >= 0.6 is 27.5 Å². The van der Waals surface area contributed by atoms with Crippen molar-refractivity contribution in [2.75, 3.05) is 22.9 Å². The number of halogens is 2. The van der Waals surface area contributed by atoms with Crippen molar-refractivity contribution in [2.24, 2.45) is 0 Å². The summed E-state index contributed by atoms with van der Waals surface area (Å²) < 4.78 is 18.7. The van der Waals surface area contributed by atoms with Gasteiger partial charge in [-0.05, 0) is 74.4 Å². The van der Waals surface area contributed by atoms with Gasteiger partial charge in [0.25, 0.3) is 0 Å². The predicted octanol–water partition coefficient (Wildman–Crippen LogP) is 6.53. The Labute approximate surface area is 297 Å². The van der Waals surface area contributed by atoms with Crippen molar-refractivity contribution in [3.05, 3.63) is 39.8 Å². The molecule has 49 heavy (non-hydrogen) atoms. The van der Waals surface area contributed by atoms with Gasteiger partial charge in [0.1, 0.15) is 23.1 Å². The lowest BCUT2D eigenvalue weighted by molar-refractivity contribution is -0.143. The van der Waals surface area contributed by atoms with E-state index in [1.165, 1.54) is 12.7 Å². The summed E-state index contributed by atoms with van der Waals surface area (Å²) in [6, 6.07) is 3.41. The number of aromatic nitrogens is 4. The molecule has 17 heteroatoms. The number of carboxylic acid groups (broad SMARTS) is 1. The van der Waals surface area contributed by atoms with E-state index in [0.29, 0.717) is 25.6 Å². The molecule has 266 valence electrons. The van der Waals surface area contributed by atoms with Crippen LogP contribution in [0.2, 0.25) is 5.02 Å². The van der Waals surface area contributed by atoms with E-state index in [0.717, 1.165) is 0 Å². The number of nitrogens with one attached hydrogen (secondary N) is 1. The second-order valence-electron chi connectivity index (χ2n) is 14.6. The summed E-state index contributed by atoms with van der Waals surface area (Å²) in [4.78, 5) is 67.4. The molecule has 3 aromatic rings. The van der Waals surface area contributed by atoms with Gasteiger partial charge in [0.15, 0.2) is 22.5 Å². The van der Waals surface area contributed by atoms with Crippen LogP contribution in [0.25, 0.3) is 11.2 Å². The molecule has 0 radical (unpaired) electrons. The number of aliphatic carboxylic acids is 1. The molecular weight excluding hydrogens is 726 g/mol. The number of rotatable bonds is 6. The summed E-state index contributed by atoms with van der Waals surface area (Å²) in [6.07, 6.45) is -0.0762. The fraction of sp³-hybridized carbons (Fsp3) is 0.531. The molecule has 0 unspecified atom stereocenters. The molecule has 1 atom stereocenters. The van der Waals surface area contributed by atoms with Crippen molar-refractivity contribution in [3.8, 4) is 0 Å². The van der Waals surface area contributed by atoms with Gasteiger partial charge in [-0.3, -0.25) is 0 Å². The number of carbonyl (C=O) groups excluding carboxylic acids is 3. The minimum atomic E-state index is -1.62. The number of anilines is 2. The molecule has 1 aliphatic rings. The van der Waals surface area contributed by atoms with Crippen molar-refractivity contribution >= 4 is 74.4 Å². The third kappa shape index (κ3) is 9.09. The largest absolute Gasteiger partial charge is 0.479 e. The molecule has 15 nitrogen and oxygen atoms in total. The zero-order valence-electron chi connectivity index (χ0n) is 28.9. The second kappa shape index (κ2) is 13.6. The quantitative estimate of drug-likeness (QED) is 0.260. The van der Waals surface area contributed by atoms with Gasteiger partial charge < -0.3 is 34.1 Å². The van der Waals surface area contributed by atoms with Crippen molar-refractivity contribution in [3.63, 3.8) is 0 Å². The van der Waals surface area contributed by atoms with Gasteiger partial charge in [-0.1, -0.05) is 27.5 Å².